The van der Waals surface area contributed by atoms with Crippen molar-refractivity contribution in [3.05, 3.63) is 40.2 Å². The zero-order chi connectivity index (χ0) is 18.5. The molecule has 0 radical (unpaired) electrons. The molecule has 0 aromatic carbocycles. The highest BCUT2D eigenvalue weighted by molar-refractivity contribution is 6.31. The Hall–Kier alpha value is -2.60. The number of fused-ring (bicyclic) bond motifs is 2. The Balaban J connectivity index is 1.69. The van der Waals surface area contributed by atoms with Crippen LogP contribution < -0.4 is 0 Å². The SMILES string of the molecule is COC(=O)c1ccnc2cc(-c3c4c(nn3CC3CC3)C=C(Cl)CC4)[nH]c12. The topological polar surface area (TPSA) is 72.8 Å². The third-order valence-electron chi connectivity index (χ3n) is 5.30. The third-order valence-corrected chi connectivity index (χ3v) is 5.60. The Labute approximate surface area is 161 Å². The van der Waals surface area contributed by atoms with Crippen LogP contribution in [0.3, 0.4) is 0 Å². The van der Waals surface area contributed by atoms with Gasteiger partial charge in [-0.05, 0) is 49.8 Å². The second-order valence-electron chi connectivity index (χ2n) is 7.22. The van der Waals surface area contributed by atoms with Gasteiger partial charge in [-0.2, -0.15) is 5.10 Å². The first-order valence-corrected chi connectivity index (χ1v) is 9.54. The largest absolute Gasteiger partial charge is 0.465 e. The molecule has 3 aromatic rings. The minimum atomic E-state index is -0.376. The van der Waals surface area contributed by atoms with Crippen LogP contribution in [0.25, 0.3) is 28.5 Å². The molecule has 3 aromatic heterocycles. The van der Waals surface area contributed by atoms with E-state index in [1.54, 1.807) is 12.3 Å². The van der Waals surface area contributed by atoms with Crippen LogP contribution in [0.5, 0.6) is 0 Å². The van der Waals surface area contributed by atoms with E-state index in [1.165, 1.54) is 25.5 Å². The molecule has 0 saturated heterocycles. The fourth-order valence-electron chi connectivity index (χ4n) is 3.76. The molecule has 0 unspecified atom stereocenters. The Bertz CT molecular complexity index is 1090. The first-order chi connectivity index (χ1) is 13.1. The van der Waals surface area contributed by atoms with Gasteiger partial charge in [0.1, 0.15) is 0 Å². The predicted molar refractivity (Wildman–Crippen MR) is 104 cm³/mol. The van der Waals surface area contributed by atoms with Gasteiger partial charge in [-0.3, -0.25) is 9.67 Å². The van der Waals surface area contributed by atoms with Gasteiger partial charge in [-0.15, -0.1) is 0 Å². The number of esters is 1. The summed E-state index contributed by atoms with van der Waals surface area (Å²) in [5.41, 5.74) is 6.06. The minimum Gasteiger partial charge on any atom is -0.465 e. The molecule has 1 fully saturated rings. The van der Waals surface area contributed by atoms with Crippen LogP contribution in [0.2, 0.25) is 0 Å². The molecule has 0 atom stereocenters. The zero-order valence-corrected chi connectivity index (χ0v) is 15.7. The van der Waals surface area contributed by atoms with E-state index in [2.05, 4.69) is 14.6 Å². The van der Waals surface area contributed by atoms with Gasteiger partial charge in [0.15, 0.2) is 0 Å². The Morgan fingerprint density at radius 1 is 1.41 bits per heavy atom. The maximum absolute atomic E-state index is 12.1. The van der Waals surface area contributed by atoms with E-state index < -0.39 is 0 Å². The van der Waals surface area contributed by atoms with Gasteiger partial charge in [0, 0.05) is 23.3 Å². The zero-order valence-electron chi connectivity index (χ0n) is 15.0. The molecule has 0 aliphatic heterocycles. The molecule has 7 heteroatoms. The van der Waals surface area contributed by atoms with Gasteiger partial charge in [0.25, 0.3) is 0 Å². The summed E-state index contributed by atoms with van der Waals surface area (Å²) in [5, 5.41) is 5.67. The summed E-state index contributed by atoms with van der Waals surface area (Å²) in [6, 6.07) is 3.66. The maximum Gasteiger partial charge on any atom is 0.340 e. The predicted octanol–water partition coefficient (Wildman–Crippen LogP) is 4.15. The van der Waals surface area contributed by atoms with Crippen molar-refractivity contribution in [1.82, 2.24) is 19.7 Å². The van der Waals surface area contributed by atoms with Crippen LogP contribution in [-0.4, -0.2) is 32.8 Å². The smallest absolute Gasteiger partial charge is 0.340 e. The lowest BCUT2D eigenvalue weighted by Gasteiger charge is -2.10. The second-order valence-corrected chi connectivity index (χ2v) is 7.71. The highest BCUT2D eigenvalue weighted by Gasteiger charge is 2.28. The fraction of sp³-hybridized carbons (Fsp3) is 0.350. The molecule has 138 valence electrons. The van der Waals surface area contributed by atoms with Gasteiger partial charge in [0.05, 0.1) is 40.8 Å². The third kappa shape index (κ3) is 2.84. The lowest BCUT2D eigenvalue weighted by molar-refractivity contribution is 0.0602. The molecule has 0 amide bonds. The van der Waals surface area contributed by atoms with E-state index in [-0.39, 0.29) is 5.97 Å². The highest BCUT2D eigenvalue weighted by atomic mass is 35.5. The van der Waals surface area contributed by atoms with Crippen LogP contribution in [0.1, 0.15) is 40.9 Å². The van der Waals surface area contributed by atoms with Gasteiger partial charge in [-0.1, -0.05) is 11.6 Å². The number of aromatic nitrogens is 4. The molecule has 0 bridgehead atoms. The molecule has 1 N–H and O–H groups in total. The number of pyridine rings is 1. The molecule has 3 heterocycles. The van der Waals surface area contributed by atoms with E-state index in [1.807, 2.05) is 12.1 Å². The molecular formula is C20H19ClN4O2. The molecule has 6 nitrogen and oxygen atoms in total. The minimum absolute atomic E-state index is 0.376. The second kappa shape index (κ2) is 6.23. The summed E-state index contributed by atoms with van der Waals surface area (Å²) in [5.74, 6) is 0.316. The first-order valence-electron chi connectivity index (χ1n) is 9.16. The number of methoxy groups -OCH3 is 1. The number of carbonyl (C=O) groups is 1. The number of rotatable bonds is 4. The summed E-state index contributed by atoms with van der Waals surface area (Å²) in [6.07, 6.45) is 7.78. The van der Waals surface area contributed by atoms with Crippen molar-refractivity contribution in [2.75, 3.05) is 7.11 Å². The van der Waals surface area contributed by atoms with Crippen molar-refractivity contribution in [3.8, 4) is 11.4 Å². The summed E-state index contributed by atoms with van der Waals surface area (Å²) in [4.78, 5) is 19.9. The lowest BCUT2D eigenvalue weighted by atomic mass is 10.00. The number of nitrogens with one attached hydrogen (secondary N) is 1. The van der Waals surface area contributed by atoms with E-state index in [0.717, 1.165) is 47.0 Å². The average Bonchev–Trinajstić information content (AvgIpc) is 3.26. The Morgan fingerprint density at radius 3 is 3.04 bits per heavy atom. The van der Waals surface area contributed by atoms with Crippen molar-refractivity contribution < 1.29 is 9.53 Å². The summed E-state index contributed by atoms with van der Waals surface area (Å²) in [7, 11) is 1.38. The van der Waals surface area contributed by atoms with Gasteiger partial charge in [-0.25, -0.2) is 4.79 Å². The average molecular weight is 383 g/mol. The quantitative estimate of drug-likeness (QED) is 0.688. The number of ether oxygens (including phenoxy) is 1. The van der Waals surface area contributed by atoms with Crippen LogP contribution in [0.15, 0.2) is 23.4 Å². The molecule has 0 spiro atoms. The van der Waals surface area contributed by atoms with Crippen LogP contribution in [0, 0.1) is 5.92 Å². The number of halogens is 1. The molecule has 2 aliphatic carbocycles. The Kier molecular flexibility index (Phi) is 3.82. The van der Waals surface area contributed by atoms with Crippen LogP contribution in [0.4, 0.5) is 0 Å². The van der Waals surface area contributed by atoms with E-state index in [4.69, 9.17) is 21.4 Å². The normalized spacial score (nSPS) is 16.3. The van der Waals surface area contributed by atoms with Gasteiger partial charge < -0.3 is 9.72 Å². The van der Waals surface area contributed by atoms with E-state index >= 15 is 0 Å². The molecule has 1 saturated carbocycles. The molecular weight excluding hydrogens is 364 g/mol. The standard InChI is InChI=1S/C20H19ClN4O2/c1-27-20(26)14-6-7-22-16-9-17(23-18(14)16)19-13-5-4-12(21)8-15(13)24-25(19)10-11-2-3-11/h6-9,11,23H,2-5,10H2,1H3. The highest BCUT2D eigenvalue weighted by Crippen LogP contribution is 2.38. The van der Waals surface area contributed by atoms with Crippen molar-refractivity contribution in [2.24, 2.45) is 5.92 Å². The number of carbonyl (C=O) groups excluding carboxylic acids is 1. The number of hydrogen-bond donors (Lipinski definition) is 1. The van der Waals surface area contributed by atoms with Crippen molar-refractivity contribution in [1.29, 1.82) is 0 Å². The maximum atomic E-state index is 12.1. The number of aromatic amines is 1. The monoisotopic (exact) mass is 382 g/mol. The summed E-state index contributed by atoms with van der Waals surface area (Å²) in [6.45, 7) is 0.903. The molecule has 5 rings (SSSR count). The van der Waals surface area contributed by atoms with E-state index in [0.29, 0.717) is 17.0 Å². The molecule has 2 aliphatic rings. The number of hydrogen-bond acceptors (Lipinski definition) is 4. The van der Waals surface area contributed by atoms with Crippen LogP contribution >= 0.6 is 11.6 Å². The summed E-state index contributed by atoms with van der Waals surface area (Å²) < 4.78 is 7.00. The number of nitrogens with zero attached hydrogens (tertiary/aromatic N) is 3. The number of H-pyrrole nitrogens is 1. The summed E-state index contributed by atoms with van der Waals surface area (Å²) >= 11 is 6.25. The Morgan fingerprint density at radius 2 is 2.26 bits per heavy atom. The molecule has 27 heavy (non-hydrogen) atoms. The first kappa shape index (κ1) is 16.6. The van der Waals surface area contributed by atoms with E-state index in [9.17, 15) is 4.79 Å². The van der Waals surface area contributed by atoms with Gasteiger partial charge >= 0.3 is 5.97 Å². The number of allylic oxidation sites excluding steroid dienone is 1. The lowest BCUT2D eigenvalue weighted by Crippen LogP contribution is -2.05. The fourth-order valence-corrected chi connectivity index (χ4v) is 3.96. The van der Waals surface area contributed by atoms with Crippen molar-refractivity contribution >= 4 is 34.7 Å². The van der Waals surface area contributed by atoms with Gasteiger partial charge in [0.2, 0.25) is 0 Å². The van der Waals surface area contributed by atoms with Crippen molar-refractivity contribution in [3.63, 3.8) is 0 Å². The van der Waals surface area contributed by atoms with Crippen LogP contribution in [-0.2, 0) is 17.7 Å². The van der Waals surface area contributed by atoms with Crippen molar-refractivity contribution in [2.45, 2.75) is 32.2 Å².